The molecular weight excluding hydrogens is 334 g/mol. The molecule has 110 valence electrons. The molecule has 1 aromatic rings. The van der Waals surface area contributed by atoms with Crippen LogP contribution in [0.2, 0.25) is 5.02 Å². The molecule has 1 fully saturated rings. The van der Waals surface area contributed by atoms with Crippen molar-refractivity contribution in [3.05, 3.63) is 39.8 Å². The van der Waals surface area contributed by atoms with E-state index in [0.717, 1.165) is 16.7 Å². The molecule has 8 heteroatoms. The van der Waals surface area contributed by atoms with Crippen LogP contribution in [0.3, 0.4) is 0 Å². The second-order valence-corrected chi connectivity index (χ2v) is 6.19. The Morgan fingerprint density at radius 3 is 2.71 bits per heavy atom. The second-order valence-electron chi connectivity index (χ2n) is 4.11. The van der Waals surface area contributed by atoms with Gasteiger partial charge in [-0.1, -0.05) is 53.8 Å². The summed E-state index contributed by atoms with van der Waals surface area (Å²) >= 11 is 12.0. The van der Waals surface area contributed by atoms with Crippen molar-refractivity contribution in [3.63, 3.8) is 0 Å². The third-order valence-electron chi connectivity index (χ3n) is 2.79. The Labute approximate surface area is 135 Å². The Balaban J connectivity index is 2.34. The van der Waals surface area contributed by atoms with E-state index in [2.05, 4.69) is 0 Å². The molecule has 0 saturated carbocycles. The van der Waals surface area contributed by atoms with Gasteiger partial charge in [-0.05, 0) is 17.7 Å². The first-order valence-electron chi connectivity index (χ1n) is 5.81. The van der Waals surface area contributed by atoms with Crippen LogP contribution in [0, 0.1) is 0 Å². The van der Waals surface area contributed by atoms with Gasteiger partial charge in [0, 0.05) is 5.02 Å². The first-order valence-corrected chi connectivity index (χ1v) is 7.41. The fourth-order valence-electron chi connectivity index (χ4n) is 1.75. The highest BCUT2D eigenvalue weighted by Gasteiger charge is 2.40. The number of carboxylic acid groups (broad SMARTS) is 1. The molecule has 0 unspecified atom stereocenters. The Hall–Kier alpha value is -1.41. The van der Waals surface area contributed by atoms with Gasteiger partial charge in [-0.25, -0.2) is 4.79 Å². The van der Waals surface area contributed by atoms with Gasteiger partial charge in [0.2, 0.25) is 0 Å². The highest BCUT2D eigenvalue weighted by Crippen LogP contribution is 2.34. The van der Waals surface area contributed by atoms with E-state index in [1.807, 2.05) is 0 Å². The summed E-state index contributed by atoms with van der Waals surface area (Å²) in [4.78, 5) is 24.5. The number of nitrogens with zero attached hydrogens (tertiary/aromatic N) is 1. The number of rotatable bonds is 4. The lowest BCUT2D eigenvalue weighted by molar-refractivity contribution is -0.146. The van der Waals surface area contributed by atoms with Gasteiger partial charge in [0.15, 0.2) is 6.04 Å². The van der Waals surface area contributed by atoms with E-state index in [1.165, 1.54) is 0 Å². The van der Waals surface area contributed by atoms with E-state index in [1.54, 1.807) is 30.3 Å². The minimum absolute atomic E-state index is 0.0970. The number of carbonyl (C=O) groups is 2. The first kappa shape index (κ1) is 16.0. The molecule has 1 aromatic carbocycles. The van der Waals surface area contributed by atoms with Gasteiger partial charge in [-0.2, -0.15) is 0 Å². The van der Waals surface area contributed by atoms with Crippen molar-refractivity contribution in [3.8, 4) is 0 Å². The van der Waals surface area contributed by atoms with Crippen molar-refractivity contribution in [1.82, 2.24) is 4.90 Å². The third-order valence-corrected chi connectivity index (χ3v) is 4.46. The summed E-state index contributed by atoms with van der Waals surface area (Å²) < 4.78 is 0.0970. The van der Waals surface area contributed by atoms with Crippen LogP contribution in [0.25, 0.3) is 6.08 Å². The van der Waals surface area contributed by atoms with E-state index in [9.17, 15) is 9.59 Å². The van der Waals surface area contributed by atoms with Gasteiger partial charge in [0.25, 0.3) is 5.91 Å². The molecule has 0 aliphatic carbocycles. The number of carboxylic acids is 1. The van der Waals surface area contributed by atoms with Gasteiger partial charge >= 0.3 is 5.97 Å². The largest absolute Gasteiger partial charge is 0.480 e. The number of carbonyl (C=O) groups excluding carboxylic acids is 1. The van der Waals surface area contributed by atoms with Crippen LogP contribution in [0.5, 0.6) is 0 Å². The number of hydrogen-bond donors (Lipinski definition) is 2. The number of aliphatic hydroxyl groups is 1. The van der Waals surface area contributed by atoms with Gasteiger partial charge in [0.1, 0.15) is 4.32 Å². The molecule has 21 heavy (non-hydrogen) atoms. The smallest absolute Gasteiger partial charge is 0.329 e. The topological polar surface area (TPSA) is 77.8 Å². The molecule has 0 bridgehead atoms. The maximum absolute atomic E-state index is 12.3. The zero-order valence-electron chi connectivity index (χ0n) is 10.5. The molecule has 2 N–H and O–H groups in total. The Morgan fingerprint density at radius 2 is 2.14 bits per heavy atom. The summed E-state index contributed by atoms with van der Waals surface area (Å²) in [5, 5.41) is 18.6. The molecule has 0 spiro atoms. The van der Waals surface area contributed by atoms with E-state index in [4.69, 9.17) is 34.0 Å². The van der Waals surface area contributed by atoms with Crippen molar-refractivity contribution in [1.29, 1.82) is 0 Å². The zero-order chi connectivity index (χ0) is 15.6. The molecule has 5 nitrogen and oxygen atoms in total. The van der Waals surface area contributed by atoms with E-state index in [-0.39, 0.29) is 9.23 Å². The molecule has 1 aliphatic heterocycles. The minimum Gasteiger partial charge on any atom is -0.480 e. The summed E-state index contributed by atoms with van der Waals surface area (Å²) in [6.07, 6.45) is 1.55. The zero-order valence-corrected chi connectivity index (χ0v) is 12.9. The third kappa shape index (κ3) is 3.26. The summed E-state index contributed by atoms with van der Waals surface area (Å²) in [6.45, 7) is -0.707. The van der Waals surface area contributed by atoms with Crippen LogP contribution < -0.4 is 0 Å². The molecule has 0 aromatic heterocycles. The highest BCUT2D eigenvalue weighted by molar-refractivity contribution is 8.26. The Kier molecular flexibility index (Phi) is 5.00. The predicted molar refractivity (Wildman–Crippen MR) is 85.0 cm³/mol. The van der Waals surface area contributed by atoms with Crippen LogP contribution in [-0.2, 0) is 9.59 Å². The fourth-order valence-corrected chi connectivity index (χ4v) is 3.29. The molecule has 1 amide bonds. The lowest BCUT2D eigenvalue weighted by atomic mass is 10.2. The first-order chi connectivity index (χ1) is 9.95. The Morgan fingerprint density at radius 1 is 1.48 bits per heavy atom. The monoisotopic (exact) mass is 343 g/mol. The summed E-state index contributed by atoms with van der Waals surface area (Å²) in [5.41, 5.74) is 0.635. The van der Waals surface area contributed by atoms with Crippen molar-refractivity contribution < 1.29 is 19.8 Å². The van der Waals surface area contributed by atoms with Crippen molar-refractivity contribution in [2.75, 3.05) is 6.61 Å². The SMILES string of the molecule is O=C(O)[C@@H](CO)N1C(=O)/C(=C/c2ccccc2Cl)SC1=S. The van der Waals surface area contributed by atoms with Crippen LogP contribution in [-0.4, -0.2) is 44.0 Å². The minimum atomic E-state index is -1.38. The van der Waals surface area contributed by atoms with Gasteiger partial charge in [0.05, 0.1) is 11.5 Å². The number of thioether (sulfide) groups is 1. The lowest BCUT2D eigenvalue weighted by Crippen LogP contribution is -2.46. The van der Waals surface area contributed by atoms with E-state index >= 15 is 0 Å². The van der Waals surface area contributed by atoms with Crippen molar-refractivity contribution >= 4 is 57.9 Å². The lowest BCUT2D eigenvalue weighted by Gasteiger charge is -2.20. The van der Waals surface area contributed by atoms with Gasteiger partial charge < -0.3 is 10.2 Å². The molecular formula is C13H10ClNO4S2. The number of hydrogen-bond acceptors (Lipinski definition) is 5. The fraction of sp³-hybridized carbons (Fsp3) is 0.154. The molecule has 1 saturated heterocycles. The second kappa shape index (κ2) is 6.57. The average Bonchev–Trinajstić information content (AvgIpc) is 2.70. The van der Waals surface area contributed by atoms with Crippen LogP contribution >= 0.6 is 35.6 Å². The van der Waals surface area contributed by atoms with E-state index in [0.29, 0.717) is 10.6 Å². The predicted octanol–water partition coefficient (Wildman–Crippen LogP) is 1.99. The van der Waals surface area contributed by atoms with Crippen LogP contribution in [0.1, 0.15) is 5.56 Å². The average molecular weight is 344 g/mol. The van der Waals surface area contributed by atoms with Gasteiger partial charge in [-0.3, -0.25) is 9.69 Å². The number of aliphatic carboxylic acids is 1. The van der Waals surface area contributed by atoms with Gasteiger partial charge in [-0.15, -0.1) is 0 Å². The van der Waals surface area contributed by atoms with Crippen molar-refractivity contribution in [2.45, 2.75) is 6.04 Å². The number of amides is 1. The van der Waals surface area contributed by atoms with Crippen LogP contribution in [0.4, 0.5) is 0 Å². The number of thiocarbonyl (C=S) groups is 1. The Bertz CT molecular complexity index is 647. The summed E-state index contributed by atoms with van der Waals surface area (Å²) in [7, 11) is 0. The normalized spacial score (nSPS) is 18.4. The maximum atomic E-state index is 12.3. The number of halogens is 1. The summed E-state index contributed by atoms with van der Waals surface area (Å²) in [5.74, 6) is -1.86. The molecule has 2 rings (SSSR count). The molecule has 0 radical (unpaired) electrons. The quantitative estimate of drug-likeness (QED) is 0.643. The number of aliphatic hydroxyl groups excluding tert-OH is 1. The maximum Gasteiger partial charge on any atom is 0.329 e. The van der Waals surface area contributed by atoms with Crippen molar-refractivity contribution in [2.24, 2.45) is 0 Å². The van der Waals surface area contributed by atoms with E-state index < -0.39 is 24.5 Å². The molecule has 1 atom stereocenters. The molecule has 1 heterocycles. The highest BCUT2D eigenvalue weighted by atomic mass is 35.5. The van der Waals surface area contributed by atoms with Crippen LogP contribution in [0.15, 0.2) is 29.2 Å². The standard InChI is InChI=1S/C13H10ClNO4S2/c14-8-4-2-1-3-7(8)5-10-11(17)15(13(20)21-10)9(6-16)12(18)19/h1-5,9,16H,6H2,(H,18,19)/b10-5-/t9-/m1/s1. The summed E-state index contributed by atoms with van der Waals surface area (Å²) in [6, 6.07) is 5.57. The molecule has 1 aliphatic rings. The number of benzene rings is 1.